The van der Waals surface area contributed by atoms with Gasteiger partial charge in [-0.05, 0) is 6.42 Å². The van der Waals surface area contributed by atoms with Gasteiger partial charge in [-0.2, -0.15) is 13.2 Å². The van der Waals surface area contributed by atoms with E-state index in [9.17, 15) is 18.0 Å². The van der Waals surface area contributed by atoms with Crippen LogP contribution in [0.25, 0.3) is 0 Å². The number of hydrogen-bond acceptors (Lipinski definition) is 2. The van der Waals surface area contributed by atoms with Crippen LogP contribution in [-0.4, -0.2) is 23.0 Å². The van der Waals surface area contributed by atoms with Crippen LogP contribution in [0.1, 0.15) is 19.8 Å². The Hall–Kier alpha value is -1.07. The molecule has 76 valence electrons. The van der Waals surface area contributed by atoms with Gasteiger partial charge >= 0.3 is 12.1 Å². The lowest BCUT2D eigenvalue weighted by Crippen LogP contribution is -2.23. The second-order valence-electron chi connectivity index (χ2n) is 2.82. The highest BCUT2D eigenvalue weighted by molar-refractivity contribution is 5.96. The maximum atomic E-state index is 11.9. The molecule has 2 N–H and O–H groups in total. The molecule has 0 rings (SSSR count). The number of carboxylic acid groups (broad SMARTS) is 1. The molecule has 6 heteroatoms. The highest BCUT2D eigenvalue weighted by Gasteiger charge is 2.36. The molecule has 0 aromatic carbocycles. The maximum Gasteiger partial charge on any atom is 0.391 e. The highest BCUT2D eigenvalue weighted by Crippen LogP contribution is 2.28. The third kappa shape index (κ3) is 5.21. The second-order valence-corrected chi connectivity index (χ2v) is 2.82. The molecular weight excluding hydrogens is 187 g/mol. The number of carbonyl (C=O) groups is 1. The van der Waals surface area contributed by atoms with Gasteiger partial charge in [-0.25, -0.2) is 0 Å². The molecule has 3 nitrogen and oxygen atoms in total. The van der Waals surface area contributed by atoms with Crippen LogP contribution in [0.4, 0.5) is 13.2 Å². The molecule has 0 aliphatic heterocycles. The Morgan fingerprint density at radius 1 is 1.54 bits per heavy atom. The Morgan fingerprint density at radius 3 is 2.31 bits per heavy atom. The molecule has 0 aliphatic carbocycles. The van der Waals surface area contributed by atoms with Crippen LogP contribution in [0.3, 0.4) is 0 Å². The number of nitrogens with one attached hydrogen (secondary N) is 1. The van der Waals surface area contributed by atoms with Gasteiger partial charge in [-0.15, -0.1) is 0 Å². The van der Waals surface area contributed by atoms with E-state index < -0.39 is 36.6 Å². The number of hydrogen-bond donors (Lipinski definition) is 2. The topological polar surface area (TPSA) is 61.2 Å². The Morgan fingerprint density at radius 2 is 2.00 bits per heavy atom. The Balaban J connectivity index is 4.00. The Labute approximate surface area is 73.1 Å². The highest BCUT2D eigenvalue weighted by atomic mass is 19.4. The molecule has 0 bridgehead atoms. The third-order valence-corrected chi connectivity index (χ3v) is 1.48. The fraction of sp³-hybridized carbons (Fsp3) is 0.714. The first-order valence-corrected chi connectivity index (χ1v) is 3.58. The van der Waals surface area contributed by atoms with Gasteiger partial charge < -0.3 is 10.5 Å². The van der Waals surface area contributed by atoms with E-state index in [4.69, 9.17) is 10.5 Å². The zero-order chi connectivity index (χ0) is 10.6. The van der Waals surface area contributed by atoms with Crippen LogP contribution < -0.4 is 0 Å². The first-order valence-electron chi connectivity index (χ1n) is 3.58. The molecule has 0 saturated heterocycles. The number of alkyl halides is 3. The zero-order valence-corrected chi connectivity index (χ0v) is 6.98. The van der Waals surface area contributed by atoms with Gasteiger partial charge in [0.2, 0.25) is 0 Å². The van der Waals surface area contributed by atoms with Crippen LogP contribution in [0, 0.1) is 11.3 Å². The third-order valence-electron chi connectivity index (χ3n) is 1.48. The zero-order valence-electron chi connectivity index (χ0n) is 6.98. The van der Waals surface area contributed by atoms with Crippen molar-refractivity contribution in [2.24, 2.45) is 5.92 Å². The standard InChI is InChI=1S/C7H10F3NO2/c1-4(7(8,9)10)2-5(11)3-6(12)13/h4,11H,2-3H2,1H3,(H,12,13). The average molecular weight is 197 g/mol. The number of carboxylic acids is 1. The predicted octanol–water partition coefficient (Wildman–Crippen LogP) is 2.07. The number of halogens is 3. The molecule has 13 heavy (non-hydrogen) atoms. The summed E-state index contributed by atoms with van der Waals surface area (Å²) in [6, 6.07) is 0. The van der Waals surface area contributed by atoms with Crippen molar-refractivity contribution in [3.63, 3.8) is 0 Å². The molecule has 0 fully saturated rings. The lowest BCUT2D eigenvalue weighted by Gasteiger charge is -2.14. The van der Waals surface area contributed by atoms with Crippen molar-refractivity contribution in [3.8, 4) is 0 Å². The van der Waals surface area contributed by atoms with E-state index in [-0.39, 0.29) is 0 Å². The molecule has 0 radical (unpaired) electrons. The minimum absolute atomic E-state index is 0.405. The summed E-state index contributed by atoms with van der Waals surface area (Å²) in [4.78, 5) is 10.0. The smallest absolute Gasteiger partial charge is 0.391 e. The van der Waals surface area contributed by atoms with Gasteiger partial charge in [-0.1, -0.05) is 6.92 Å². The molecule has 0 saturated carbocycles. The van der Waals surface area contributed by atoms with Crippen LogP contribution in [0.2, 0.25) is 0 Å². The van der Waals surface area contributed by atoms with Gasteiger partial charge in [0.05, 0.1) is 12.3 Å². The van der Waals surface area contributed by atoms with E-state index in [1.807, 2.05) is 0 Å². The van der Waals surface area contributed by atoms with E-state index in [1.54, 1.807) is 0 Å². The quantitative estimate of drug-likeness (QED) is 0.677. The van der Waals surface area contributed by atoms with E-state index >= 15 is 0 Å². The maximum absolute atomic E-state index is 11.9. The monoisotopic (exact) mass is 197 g/mol. The fourth-order valence-corrected chi connectivity index (χ4v) is 0.740. The summed E-state index contributed by atoms with van der Waals surface area (Å²) < 4.78 is 35.7. The molecule has 0 aliphatic rings. The van der Waals surface area contributed by atoms with Gasteiger partial charge in [0, 0.05) is 5.71 Å². The molecule has 1 atom stereocenters. The largest absolute Gasteiger partial charge is 0.481 e. The summed E-state index contributed by atoms with van der Waals surface area (Å²) in [5, 5.41) is 15.1. The normalized spacial score (nSPS) is 13.8. The van der Waals surface area contributed by atoms with Crippen molar-refractivity contribution in [2.75, 3.05) is 0 Å². The van der Waals surface area contributed by atoms with Crippen LogP contribution in [0.15, 0.2) is 0 Å². The molecule has 0 heterocycles. The van der Waals surface area contributed by atoms with E-state index in [0.29, 0.717) is 0 Å². The number of rotatable bonds is 4. The van der Waals surface area contributed by atoms with Gasteiger partial charge in [-0.3, -0.25) is 4.79 Å². The molecular formula is C7H10F3NO2. The van der Waals surface area contributed by atoms with Crippen molar-refractivity contribution < 1.29 is 23.1 Å². The van der Waals surface area contributed by atoms with E-state index in [0.717, 1.165) is 6.92 Å². The van der Waals surface area contributed by atoms with Crippen molar-refractivity contribution in [3.05, 3.63) is 0 Å². The fourth-order valence-electron chi connectivity index (χ4n) is 0.740. The van der Waals surface area contributed by atoms with Crippen molar-refractivity contribution in [2.45, 2.75) is 25.9 Å². The summed E-state index contributed by atoms with van der Waals surface area (Å²) in [6.45, 7) is 0.927. The van der Waals surface area contributed by atoms with Crippen LogP contribution in [-0.2, 0) is 4.79 Å². The minimum atomic E-state index is -4.36. The first-order chi connectivity index (χ1) is 5.73. The number of aliphatic carboxylic acids is 1. The lowest BCUT2D eigenvalue weighted by atomic mass is 10.0. The molecule has 0 spiro atoms. The Kier molecular flexibility index (Phi) is 3.90. The van der Waals surface area contributed by atoms with Crippen molar-refractivity contribution in [1.82, 2.24) is 0 Å². The van der Waals surface area contributed by atoms with Gasteiger partial charge in [0.15, 0.2) is 0 Å². The van der Waals surface area contributed by atoms with Crippen LogP contribution in [0.5, 0.6) is 0 Å². The summed E-state index contributed by atoms with van der Waals surface area (Å²) in [7, 11) is 0. The van der Waals surface area contributed by atoms with Crippen molar-refractivity contribution >= 4 is 11.7 Å². The summed E-state index contributed by atoms with van der Waals surface area (Å²) in [5.74, 6) is -2.93. The summed E-state index contributed by atoms with van der Waals surface area (Å²) in [5.41, 5.74) is -0.405. The summed E-state index contributed by atoms with van der Waals surface area (Å²) in [6.07, 6.45) is -5.53. The molecule has 0 aromatic heterocycles. The Bertz CT molecular complexity index is 212. The first kappa shape index (κ1) is 11.9. The molecule has 1 unspecified atom stereocenters. The predicted molar refractivity (Wildman–Crippen MR) is 39.8 cm³/mol. The van der Waals surface area contributed by atoms with Crippen molar-refractivity contribution in [1.29, 1.82) is 5.41 Å². The summed E-state index contributed by atoms with van der Waals surface area (Å²) >= 11 is 0. The van der Waals surface area contributed by atoms with E-state index in [2.05, 4.69) is 0 Å². The second kappa shape index (κ2) is 4.25. The minimum Gasteiger partial charge on any atom is -0.481 e. The average Bonchev–Trinajstić information content (AvgIpc) is 1.82. The van der Waals surface area contributed by atoms with E-state index in [1.165, 1.54) is 0 Å². The molecule has 0 aromatic rings. The SMILES string of the molecule is CC(CC(=N)CC(=O)O)C(F)(F)F. The van der Waals surface area contributed by atoms with Gasteiger partial charge in [0.25, 0.3) is 0 Å². The lowest BCUT2D eigenvalue weighted by molar-refractivity contribution is -0.167. The molecule has 0 amide bonds. The van der Waals surface area contributed by atoms with Gasteiger partial charge in [0.1, 0.15) is 0 Å². The van der Waals surface area contributed by atoms with Crippen LogP contribution >= 0.6 is 0 Å².